The highest BCUT2D eigenvalue weighted by Gasteiger charge is 2.15. The van der Waals surface area contributed by atoms with Crippen molar-refractivity contribution in [3.8, 4) is 11.5 Å². The van der Waals surface area contributed by atoms with Gasteiger partial charge in [-0.05, 0) is 37.0 Å². The summed E-state index contributed by atoms with van der Waals surface area (Å²) >= 11 is 0. The van der Waals surface area contributed by atoms with Crippen LogP contribution in [0, 0.1) is 5.92 Å². The van der Waals surface area contributed by atoms with E-state index in [1.54, 1.807) is 19.1 Å². The van der Waals surface area contributed by atoms with Gasteiger partial charge >= 0.3 is 6.61 Å². The normalized spacial score (nSPS) is 12.3. The van der Waals surface area contributed by atoms with Crippen molar-refractivity contribution in [2.24, 2.45) is 11.7 Å². The molecule has 0 aliphatic heterocycles. The van der Waals surface area contributed by atoms with Gasteiger partial charge in [-0.1, -0.05) is 19.9 Å². The smallest absolute Gasteiger partial charge is 0.387 e. The third-order valence-electron chi connectivity index (χ3n) is 3.05. The molecule has 0 aromatic heterocycles. The predicted molar refractivity (Wildman–Crippen MR) is 83.5 cm³/mol. The first kappa shape index (κ1) is 19.2. The Balaban J connectivity index is 2.70. The molecule has 0 heterocycles. The average Bonchev–Trinajstić information content (AvgIpc) is 2.46. The van der Waals surface area contributed by atoms with E-state index in [1.807, 2.05) is 13.8 Å². The number of nitrogens with two attached hydrogens (primary N) is 1. The quantitative estimate of drug-likeness (QED) is 0.730. The third-order valence-corrected chi connectivity index (χ3v) is 3.05. The number of nitrogens with one attached hydrogen (secondary N) is 1. The van der Waals surface area contributed by atoms with Crippen LogP contribution in [-0.4, -0.2) is 25.2 Å². The van der Waals surface area contributed by atoms with E-state index in [-0.39, 0.29) is 24.0 Å². The van der Waals surface area contributed by atoms with Gasteiger partial charge in [0.25, 0.3) is 0 Å². The number of rotatable bonds is 9. The molecule has 7 heteroatoms. The number of carbonyl (C=O) groups excluding carboxylic acids is 1. The van der Waals surface area contributed by atoms with Gasteiger partial charge in [0.05, 0.1) is 12.6 Å². The molecule has 1 amide bonds. The van der Waals surface area contributed by atoms with Crippen molar-refractivity contribution in [2.75, 3.05) is 6.61 Å². The zero-order valence-electron chi connectivity index (χ0n) is 13.6. The first-order valence-electron chi connectivity index (χ1n) is 7.57. The van der Waals surface area contributed by atoms with Crippen molar-refractivity contribution >= 4 is 5.91 Å². The molecule has 3 N–H and O–H groups in total. The molecule has 1 rings (SSSR count). The molecular weight excluding hydrogens is 306 g/mol. The van der Waals surface area contributed by atoms with E-state index >= 15 is 0 Å². The summed E-state index contributed by atoms with van der Waals surface area (Å²) in [7, 11) is 0. The Morgan fingerprint density at radius 2 is 2.00 bits per heavy atom. The first-order chi connectivity index (χ1) is 10.8. The molecule has 0 unspecified atom stereocenters. The number of benzene rings is 1. The van der Waals surface area contributed by atoms with E-state index in [1.165, 1.54) is 6.07 Å². The van der Waals surface area contributed by atoms with Crippen LogP contribution in [0.3, 0.4) is 0 Å². The number of hydrogen-bond donors (Lipinski definition) is 2. The lowest BCUT2D eigenvalue weighted by atomic mass is 10.0. The highest BCUT2D eigenvalue weighted by atomic mass is 19.3. The van der Waals surface area contributed by atoms with Gasteiger partial charge in [0.1, 0.15) is 0 Å². The van der Waals surface area contributed by atoms with Gasteiger partial charge < -0.3 is 20.5 Å². The Labute approximate surface area is 135 Å². The summed E-state index contributed by atoms with van der Waals surface area (Å²) in [4.78, 5) is 11.9. The van der Waals surface area contributed by atoms with Crippen LogP contribution in [0.5, 0.6) is 11.5 Å². The van der Waals surface area contributed by atoms with Gasteiger partial charge in [-0.15, -0.1) is 0 Å². The molecule has 1 aromatic carbocycles. The number of alkyl halides is 2. The lowest BCUT2D eigenvalue weighted by Crippen LogP contribution is -2.41. The fourth-order valence-electron chi connectivity index (χ4n) is 2.06. The number of halogens is 2. The SMILES string of the molecule is CCOc1cc(CNC(=O)[C@@H](N)CC(C)C)ccc1OC(F)F. The lowest BCUT2D eigenvalue weighted by Gasteiger charge is -2.15. The summed E-state index contributed by atoms with van der Waals surface area (Å²) in [6, 6.07) is 3.99. The van der Waals surface area contributed by atoms with Gasteiger partial charge in [-0.25, -0.2) is 0 Å². The van der Waals surface area contributed by atoms with Gasteiger partial charge in [0.15, 0.2) is 11.5 Å². The summed E-state index contributed by atoms with van der Waals surface area (Å²) in [6.45, 7) is 3.35. The topological polar surface area (TPSA) is 73.6 Å². The Morgan fingerprint density at radius 3 is 2.57 bits per heavy atom. The molecule has 0 aliphatic rings. The molecule has 0 saturated heterocycles. The van der Waals surface area contributed by atoms with Crippen LogP contribution < -0.4 is 20.5 Å². The van der Waals surface area contributed by atoms with Crippen molar-refractivity contribution in [2.45, 2.75) is 46.4 Å². The standard InChI is InChI=1S/C16H24F2N2O3/c1-4-22-14-8-11(5-6-13(14)23-16(17)18)9-20-15(21)12(19)7-10(2)3/h5-6,8,10,12,16H,4,7,9,19H2,1-3H3,(H,20,21)/t12-/m0/s1. The summed E-state index contributed by atoms with van der Waals surface area (Å²) in [6.07, 6.45) is 0.594. The molecule has 0 bridgehead atoms. The van der Waals surface area contributed by atoms with Crippen LogP contribution in [-0.2, 0) is 11.3 Å². The summed E-state index contributed by atoms with van der Waals surface area (Å²) < 4.78 is 34.4. The molecule has 0 fully saturated rings. The summed E-state index contributed by atoms with van der Waals surface area (Å²) in [5, 5.41) is 2.73. The van der Waals surface area contributed by atoms with Crippen LogP contribution in [0.15, 0.2) is 18.2 Å². The predicted octanol–water partition coefficient (Wildman–Crippen LogP) is 2.68. The molecule has 23 heavy (non-hydrogen) atoms. The van der Waals surface area contributed by atoms with E-state index < -0.39 is 12.7 Å². The average molecular weight is 330 g/mol. The molecule has 0 aliphatic carbocycles. The number of amides is 1. The monoisotopic (exact) mass is 330 g/mol. The van der Waals surface area contributed by atoms with E-state index in [0.29, 0.717) is 24.5 Å². The highest BCUT2D eigenvalue weighted by Crippen LogP contribution is 2.29. The summed E-state index contributed by atoms with van der Waals surface area (Å²) in [5.41, 5.74) is 6.51. The van der Waals surface area contributed by atoms with Crippen molar-refractivity contribution in [3.63, 3.8) is 0 Å². The molecule has 1 aromatic rings. The minimum Gasteiger partial charge on any atom is -0.490 e. The van der Waals surface area contributed by atoms with E-state index in [9.17, 15) is 13.6 Å². The van der Waals surface area contributed by atoms with Crippen molar-refractivity contribution < 1.29 is 23.0 Å². The van der Waals surface area contributed by atoms with E-state index in [2.05, 4.69) is 10.1 Å². The second-order valence-electron chi connectivity index (χ2n) is 5.55. The van der Waals surface area contributed by atoms with Crippen molar-refractivity contribution in [1.29, 1.82) is 0 Å². The van der Waals surface area contributed by atoms with Gasteiger partial charge in [0, 0.05) is 6.54 Å². The molecule has 0 spiro atoms. The van der Waals surface area contributed by atoms with Crippen LogP contribution in [0.4, 0.5) is 8.78 Å². The minimum atomic E-state index is -2.92. The molecule has 0 saturated carbocycles. The van der Waals surface area contributed by atoms with Crippen LogP contribution in [0.2, 0.25) is 0 Å². The maximum Gasteiger partial charge on any atom is 0.387 e. The second kappa shape index (κ2) is 9.29. The second-order valence-corrected chi connectivity index (χ2v) is 5.55. The Bertz CT molecular complexity index is 510. The van der Waals surface area contributed by atoms with Crippen molar-refractivity contribution in [1.82, 2.24) is 5.32 Å². The van der Waals surface area contributed by atoms with Gasteiger partial charge in [-0.2, -0.15) is 8.78 Å². The van der Waals surface area contributed by atoms with Gasteiger partial charge in [0.2, 0.25) is 5.91 Å². The zero-order valence-corrected chi connectivity index (χ0v) is 13.6. The first-order valence-corrected chi connectivity index (χ1v) is 7.57. The molecule has 0 radical (unpaired) electrons. The molecule has 130 valence electrons. The maximum atomic E-state index is 12.3. The fraction of sp³-hybridized carbons (Fsp3) is 0.562. The third kappa shape index (κ3) is 6.81. The van der Waals surface area contributed by atoms with Gasteiger partial charge in [-0.3, -0.25) is 4.79 Å². The lowest BCUT2D eigenvalue weighted by molar-refractivity contribution is -0.122. The molecule has 5 nitrogen and oxygen atoms in total. The fourth-order valence-corrected chi connectivity index (χ4v) is 2.06. The number of ether oxygens (including phenoxy) is 2. The minimum absolute atomic E-state index is 0.0339. The van der Waals surface area contributed by atoms with Crippen LogP contribution in [0.1, 0.15) is 32.8 Å². The van der Waals surface area contributed by atoms with Crippen LogP contribution >= 0.6 is 0 Å². The largest absolute Gasteiger partial charge is 0.490 e. The molecule has 1 atom stereocenters. The Morgan fingerprint density at radius 1 is 1.30 bits per heavy atom. The number of carbonyl (C=O) groups is 1. The number of hydrogen-bond acceptors (Lipinski definition) is 4. The molecular formula is C16H24F2N2O3. The van der Waals surface area contributed by atoms with E-state index in [0.717, 1.165) is 0 Å². The Kier molecular flexibility index (Phi) is 7.74. The van der Waals surface area contributed by atoms with E-state index in [4.69, 9.17) is 10.5 Å². The maximum absolute atomic E-state index is 12.3. The summed E-state index contributed by atoms with van der Waals surface area (Å²) in [5.74, 6) is 0.259. The Hall–Kier alpha value is -1.89. The van der Waals surface area contributed by atoms with Crippen LogP contribution in [0.25, 0.3) is 0 Å². The van der Waals surface area contributed by atoms with Crippen molar-refractivity contribution in [3.05, 3.63) is 23.8 Å². The zero-order chi connectivity index (χ0) is 17.4. The highest BCUT2D eigenvalue weighted by molar-refractivity contribution is 5.81.